The van der Waals surface area contributed by atoms with E-state index in [0.717, 1.165) is 64.2 Å². The summed E-state index contributed by atoms with van der Waals surface area (Å²) in [5, 5.41) is 23.0. The molecule has 0 aliphatic carbocycles. The molecule has 302 valence electrons. The van der Waals surface area contributed by atoms with E-state index in [1.807, 2.05) is 34.1 Å². The van der Waals surface area contributed by atoms with Crippen LogP contribution in [0.15, 0.2) is 60.8 Å². The van der Waals surface area contributed by atoms with Gasteiger partial charge in [0.25, 0.3) is 0 Å². The van der Waals surface area contributed by atoms with Crippen molar-refractivity contribution in [2.24, 2.45) is 0 Å². The van der Waals surface area contributed by atoms with Crippen LogP contribution in [0.25, 0.3) is 0 Å². The highest BCUT2D eigenvalue weighted by atomic mass is 31.2. The Morgan fingerprint density at radius 3 is 1.75 bits per heavy atom. The van der Waals surface area contributed by atoms with Gasteiger partial charge in [-0.25, -0.2) is 4.57 Å². The summed E-state index contributed by atoms with van der Waals surface area (Å²) in [4.78, 5) is 23.0. The Hall–Kier alpha value is -1.84. The minimum atomic E-state index is -4.36. The van der Waals surface area contributed by atoms with Gasteiger partial charge in [-0.15, -0.1) is 0 Å². The molecule has 0 spiro atoms. The maximum atomic E-state index is 12.8. The molecule has 0 aliphatic rings. The number of nitrogens with zero attached hydrogens (tertiary/aromatic N) is 1. The average molecular weight is 754 g/mol. The highest BCUT2D eigenvalue weighted by Gasteiger charge is 2.27. The second-order valence-corrected chi connectivity index (χ2v) is 16.4. The summed E-state index contributed by atoms with van der Waals surface area (Å²) in [6, 6.07) is -0.884. The fraction of sp³-hybridized carbons (Fsp3) is 0.738. The van der Waals surface area contributed by atoms with E-state index in [1.54, 1.807) is 6.08 Å². The summed E-state index contributed by atoms with van der Waals surface area (Å²) >= 11 is 0. The van der Waals surface area contributed by atoms with Gasteiger partial charge in [-0.3, -0.25) is 13.8 Å². The van der Waals surface area contributed by atoms with Crippen LogP contribution in [0.4, 0.5) is 0 Å². The van der Waals surface area contributed by atoms with Crippen molar-refractivity contribution in [1.82, 2.24) is 5.32 Å². The summed E-state index contributed by atoms with van der Waals surface area (Å²) in [6.07, 6.45) is 39.9. The van der Waals surface area contributed by atoms with Gasteiger partial charge >= 0.3 is 7.82 Å². The summed E-state index contributed by atoms with van der Waals surface area (Å²) in [6.45, 7) is 4.28. The van der Waals surface area contributed by atoms with Crippen molar-refractivity contribution in [3.05, 3.63) is 60.8 Å². The number of phosphoric acid groups is 1. The van der Waals surface area contributed by atoms with Crippen LogP contribution in [0.5, 0.6) is 0 Å². The predicted octanol–water partition coefficient (Wildman–Crippen LogP) is 9.66. The Kier molecular flexibility index (Phi) is 32.5. The molecule has 0 saturated carbocycles. The van der Waals surface area contributed by atoms with Gasteiger partial charge in [-0.1, -0.05) is 125 Å². The standard InChI is InChI=1S/C42H77N2O7P/c1-6-7-8-9-10-11-12-19-22-25-28-31-34-41(46)40(38-51-52(48,49)50-37-36-44(3,4)5)43-42(47)35-32-29-26-23-20-17-15-13-14-16-18-21-24-27-30-33-39(2)45/h14-17,21,23-24,26,31,34,39-41,45-46H,6-13,18-20,22,25,27-30,32-33,35-38H2,1-5H3,(H-,43,47,48,49)/p+1/b16-14-,17-15-,24-21-,26-23-,34-31+/t39-,40-,41+/m0/s1. The number of carbonyl (C=O) groups excluding carboxylic acids is 1. The first-order valence-corrected chi connectivity index (χ1v) is 21.7. The first-order valence-electron chi connectivity index (χ1n) is 20.2. The fourth-order valence-corrected chi connectivity index (χ4v) is 5.96. The van der Waals surface area contributed by atoms with Crippen LogP contribution >= 0.6 is 7.82 Å². The van der Waals surface area contributed by atoms with Gasteiger partial charge < -0.3 is 24.9 Å². The van der Waals surface area contributed by atoms with E-state index in [0.29, 0.717) is 17.4 Å². The molecule has 9 nitrogen and oxygen atoms in total. The molecule has 0 saturated heterocycles. The van der Waals surface area contributed by atoms with Crippen molar-refractivity contribution in [2.75, 3.05) is 40.9 Å². The van der Waals surface area contributed by atoms with E-state index in [9.17, 15) is 24.5 Å². The number of allylic oxidation sites excluding steroid dienone is 9. The molecular weight excluding hydrogens is 675 g/mol. The third-order valence-electron chi connectivity index (χ3n) is 8.50. The Bertz CT molecular complexity index is 1050. The van der Waals surface area contributed by atoms with Crippen LogP contribution in [0.1, 0.15) is 142 Å². The van der Waals surface area contributed by atoms with Crippen molar-refractivity contribution in [2.45, 2.75) is 161 Å². The SMILES string of the molecule is CCCCCCCCCCCC/C=C/[C@@H](O)[C@H](COP(=O)(O)OCC[N+](C)(C)C)NC(=O)CCC/C=C\C/C=C\C/C=C\C/C=C\CCC[C@H](C)O. The molecule has 0 heterocycles. The van der Waals surface area contributed by atoms with Gasteiger partial charge in [0.2, 0.25) is 5.91 Å². The maximum absolute atomic E-state index is 12.8. The zero-order chi connectivity index (χ0) is 38.8. The molecule has 0 aromatic rings. The number of amides is 1. The van der Waals surface area contributed by atoms with Gasteiger partial charge in [-0.05, 0) is 71.1 Å². The number of hydrogen-bond donors (Lipinski definition) is 4. The third kappa shape index (κ3) is 36.5. The van der Waals surface area contributed by atoms with Gasteiger partial charge in [-0.2, -0.15) is 0 Å². The van der Waals surface area contributed by atoms with Crippen LogP contribution in [-0.2, 0) is 18.4 Å². The molecule has 0 aromatic heterocycles. The van der Waals surface area contributed by atoms with E-state index in [2.05, 4.69) is 60.8 Å². The van der Waals surface area contributed by atoms with Gasteiger partial charge in [0.1, 0.15) is 13.2 Å². The molecular formula is C42H78N2O7P+. The molecule has 0 aliphatic heterocycles. The van der Waals surface area contributed by atoms with Gasteiger partial charge in [0.15, 0.2) is 0 Å². The number of quaternary nitrogens is 1. The number of hydrogen-bond acceptors (Lipinski definition) is 6. The van der Waals surface area contributed by atoms with Crippen LogP contribution in [0, 0.1) is 0 Å². The second-order valence-electron chi connectivity index (χ2n) is 14.9. The number of aliphatic hydroxyl groups excluding tert-OH is 2. The first kappa shape index (κ1) is 50.2. The molecule has 4 N–H and O–H groups in total. The van der Waals surface area contributed by atoms with Crippen molar-refractivity contribution in [3.63, 3.8) is 0 Å². The lowest BCUT2D eigenvalue weighted by Gasteiger charge is -2.25. The number of likely N-dealkylation sites (N-methyl/N-ethyl adjacent to an activating group) is 1. The number of carbonyl (C=O) groups is 1. The normalized spacial score (nSPS) is 15.8. The summed E-state index contributed by atoms with van der Waals surface area (Å²) in [5.74, 6) is -0.246. The quantitative estimate of drug-likeness (QED) is 0.0220. The molecule has 0 radical (unpaired) electrons. The molecule has 52 heavy (non-hydrogen) atoms. The van der Waals surface area contributed by atoms with Crippen LogP contribution in [-0.4, -0.2) is 84.6 Å². The van der Waals surface area contributed by atoms with Crippen molar-refractivity contribution in [1.29, 1.82) is 0 Å². The van der Waals surface area contributed by atoms with Crippen molar-refractivity contribution < 1.29 is 38.0 Å². The number of rotatable bonds is 35. The third-order valence-corrected chi connectivity index (χ3v) is 9.48. The van der Waals surface area contributed by atoms with E-state index in [4.69, 9.17) is 9.05 Å². The number of unbranched alkanes of at least 4 members (excludes halogenated alkanes) is 12. The van der Waals surface area contributed by atoms with E-state index in [1.165, 1.54) is 51.4 Å². The fourth-order valence-electron chi connectivity index (χ4n) is 5.23. The lowest BCUT2D eigenvalue weighted by Crippen LogP contribution is -2.45. The molecule has 4 atom stereocenters. The summed E-state index contributed by atoms with van der Waals surface area (Å²) < 4.78 is 23.4. The maximum Gasteiger partial charge on any atom is 0.472 e. The predicted molar refractivity (Wildman–Crippen MR) is 218 cm³/mol. The Labute approximate surface area is 318 Å². The Balaban J connectivity index is 4.60. The zero-order valence-electron chi connectivity index (χ0n) is 33.6. The lowest BCUT2D eigenvalue weighted by atomic mass is 10.1. The monoisotopic (exact) mass is 754 g/mol. The molecule has 1 unspecified atom stereocenters. The van der Waals surface area contributed by atoms with Crippen molar-refractivity contribution >= 4 is 13.7 Å². The van der Waals surface area contributed by atoms with E-state index >= 15 is 0 Å². The molecule has 0 bridgehead atoms. The van der Waals surface area contributed by atoms with Crippen molar-refractivity contribution in [3.8, 4) is 0 Å². The smallest absolute Gasteiger partial charge is 0.393 e. The van der Waals surface area contributed by atoms with Crippen LogP contribution in [0.2, 0.25) is 0 Å². The zero-order valence-corrected chi connectivity index (χ0v) is 34.5. The Morgan fingerprint density at radius 1 is 0.712 bits per heavy atom. The topological polar surface area (TPSA) is 125 Å². The summed E-state index contributed by atoms with van der Waals surface area (Å²) in [5.41, 5.74) is 0. The molecule has 0 rings (SSSR count). The highest BCUT2D eigenvalue weighted by Crippen LogP contribution is 2.43. The lowest BCUT2D eigenvalue weighted by molar-refractivity contribution is -0.870. The Morgan fingerprint density at radius 2 is 1.21 bits per heavy atom. The summed E-state index contributed by atoms with van der Waals surface area (Å²) in [7, 11) is 1.50. The number of aliphatic hydroxyl groups is 2. The van der Waals surface area contributed by atoms with Crippen LogP contribution in [0.3, 0.4) is 0 Å². The highest BCUT2D eigenvalue weighted by molar-refractivity contribution is 7.47. The van der Waals surface area contributed by atoms with Gasteiger partial charge in [0.05, 0.1) is 46.0 Å². The number of nitrogens with one attached hydrogen (secondary N) is 1. The molecule has 0 aromatic carbocycles. The number of phosphoric ester groups is 1. The van der Waals surface area contributed by atoms with E-state index in [-0.39, 0.29) is 31.6 Å². The first-order chi connectivity index (χ1) is 24.9. The largest absolute Gasteiger partial charge is 0.472 e. The van der Waals surface area contributed by atoms with Crippen LogP contribution < -0.4 is 5.32 Å². The molecule has 1 amide bonds. The molecule has 10 heteroatoms. The van der Waals surface area contributed by atoms with E-state index < -0.39 is 20.0 Å². The average Bonchev–Trinajstić information content (AvgIpc) is 3.07. The van der Waals surface area contributed by atoms with Gasteiger partial charge in [0, 0.05) is 6.42 Å². The molecule has 0 fully saturated rings. The minimum Gasteiger partial charge on any atom is -0.393 e. The second kappa shape index (κ2) is 33.7. The minimum absolute atomic E-state index is 0.0428.